The van der Waals surface area contributed by atoms with Crippen LogP contribution in [0, 0.1) is 0 Å². The van der Waals surface area contributed by atoms with Crippen LogP contribution in [0.3, 0.4) is 0 Å². The van der Waals surface area contributed by atoms with Crippen LogP contribution >= 0.6 is 11.3 Å². The quantitative estimate of drug-likeness (QED) is 0.755. The van der Waals surface area contributed by atoms with E-state index < -0.39 is 0 Å². The molecule has 3 aromatic heterocycles. The molecule has 0 spiro atoms. The number of nitrogens with zero attached hydrogens (tertiary/aromatic N) is 5. The second kappa shape index (κ2) is 5.02. The first-order valence-corrected chi connectivity index (χ1v) is 6.51. The summed E-state index contributed by atoms with van der Waals surface area (Å²) < 4.78 is 1.72. The Balaban J connectivity index is 1.98. The van der Waals surface area contributed by atoms with Gasteiger partial charge in [0.25, 0.3) is 0 Å². The number of anilines is 3. The molecule has 0 radical (unpaired) electrons. The second-order valence-electron chi connectivity index (χ2n) is 3.64. The van der Waals surface area contributed by atoms with E-state index in [0.717, 1.165) is 5.69 Å². The summed E-state index contributed by atoms with van der Waals surface area (Å²) in [4.78, 5) is 16.9. The van der Waals surface area contributed by atoms with Crippen molar-refractivity contribution in [2.45, 2.75) is 0 Å². The van der Waals surface area contributed by atoms with Crippen molar-refractivity contribution in [1.82, 2.24) is 24.5 Å². The monoisotopic (exact) mass is 273 g/mol. The molecule has 96 valence electrons. The molecular weight excluding hydrogens is 262 g/mol. The maximum atomic E-state index is 4.35. The predicted octanol–water partition coefficient (Wildman–Crippen LogP) is 1.90. The van der Waals surface area contributed by atoms with Crippen LogP contribution in [0.15, 0.2) is 35.5 Å². The Morgan fingerprint density at radius 1 is 1.21 bits per heavy atom. The summed E-state index contributed by atoms with van der Waals surface area (Å²) in [5.41, 5.74) is 0.954. The average molecular weight is 273 g/mol. The van der Waals surface area contributed by atoms with Crippen molar-refractivity contribution in [2.75, 3.05) is 17.7 Å². The fourth-order valence-electron chi connectivity index (χ4n) is 1.49. The molecule has 8 heteroatoms. The zero-order valence-electron chi connectivity index (χ0n) is 10.1. The molecule has 0 bridgehead atoms. The molecule has 2 N–H and O–H groups in total. The van der Waals surface area contributed by atoms with Gasteiger partial charge >= 0.3 is 0 Å². The molecule has 3 aromatic rings. The molecule has 0 aromatic carbocycles. The maximum absolute atomic E-state index is 4.35. The van der Waals surface area contributed by atoms with Crippen molar-refractivity contribution in [3.05, 3.63) is 35.5 Å². The molecule has 0 atom stereocenters. The summed E-state index contributed by atoms with van der Waals surface area (Å²) in [6.45, 7) is 0. The van der Waals surface area contributed by atoms with E-state index in [1.807, 2.05) is 16.8 Å². The van der Waals surface area contributed by atoms with Crippen molar-refractivity contribution in [3.8, 4) is 5.95 Å². The Bertz CT molecular complexity index is 648. The van der Waals surface area contributed by atoms with Gasteiger partial charge in [-0.15, -0.1) is 0 Å². The third-order valence-corrected chi connectivity index (χ3v) is 3.04. The Hall–Kier alpha value is -2.48. The number of nitrogens with one attached hydrogen (secondary N) is 2. The van der Waals surface area contributed by atoms with Gasteiger partial charge < -0.3 is 10.6 Å². The van der Waals surface area contributed by atoms with Crippen molar-refractivity contribution >= 4 is 28.9 Å². The van der Waals surface area contributed by atoms with E-state index in [-0.39, 0.29) is 0 Å². The lowest BCUT2D eigenvalue weighted by Crippen LogP contribution is -2.08. The molecule has 0 aliphatic heterocycles. The van der Waals surface area contributed by atoms with Crippen molar-refractivity contribution in [2.24, 2.45) is 0 Å². The summed E-state index contributed by atoms with van der Waals surface area (Å²) in [6, 6.07) is 1.96. The molecule has 0 amide bonds. The summed E-state index contributed by atoms with van der Waals surface area (Å²) in [7, 11) is 1.77. The molecule has 19 heavy (non-hydrogen) atoms. The number of hydrogen-bond acceptors (Lipinski definition) is 7. The predicted molar refractivity (Wildman–Crippen MR) is 74.1 cm³/mol. The van der Waals surface area contributed by atoms with Crippen LogP contribution in [0.1, 0.15) is 0 Å². The number of rotatable bonds is 4. The number of aromatic nitrogens is 5. The highest BCUT2D eigenvalue weighted by Gasteiger charge is 2.07. The first-order chi connectivity index (χ1) is 9.35. The van der Waals surface area contributed by atoms with Gasteiger partial charge in [-0.3, -0.25) is 4.57 Å². The highest BCUT2D eigenvalue weighted by Crippen LogP contribution is 2.17. The van der Waals surface area contributed by atoms with Gasteiger partial charge in [0, 0.05) is 24.8 Å². The summed E-state index contributed by atoms with van der Waals surface area (Å²) >= 11 is 1.61. The number of hydrogen-bond donors (Lipinski definition) is 2. The van der Waals surface area contributed by atoms with E-state index in [1.165, 1.54) is 0 Å². The second-order valence-corrected chi connectivity index (χ2v) is 4.42. The lowest BCUT2D eigenvalue weighted by atomic mass is 10.5. The summed E-state index contributed by atoms with van der Waals surface area (Å²) in [6.07, 6.45) is 5.10. The smallest absolute Gasteiger partial charge is 0.241 e. The molecule has 3 rings (SSSR count). The van der Waals surface area contributed by atoms with Crippen LogP contribution in [0.5, 0.6) is 0 Å². The zero-order valence-corrected chi connectivity index (χ0v) is 10.9. The first kappa shape index (κ1) is 11.6. The summed E-state index contributed by atoms with van der Waals surface area (Å²) in [5.74, 6) is 1.49. The third-order valence-electron chi connectivity index (χ3n) is 2.36. The van der Waals surface area contributed by atoms with Crippen molar-refractivity contribution in [3.63, 3.8) is 0 Å². The molecule has 7 nitrogen and oxygen atoms in total. The Kier molecular flexibility index (Phi) is 3.07. The lowest BCUT2D eigenvalue weighted by molar-refractivity contribution is 0.902. The fraction of sp³-hybridized carbons (Fsp3) is 0.0909. The van der Waals surface area contributed by atoms with Gasteiger partial charge in [0.15, 0.2) is 0 Å². The minimum atomic E-state index is 0.487. The van der Waals surface area contributed by atoms with Crippen LogP contribution in [0.4, 0.5) is 17.6 Å². The molecular formula is C11H11N7S. The molecule has 0 aliphatic carbocycles. The SMILES string of the molecule is CNc1nc(Nc2ccsc2)nc(-n2ccnc2)n1. The third kappa shape index (κ3) is 2.52. The minimum absolute atomic E-state index is 0.487. The fourth-order valence-corrected chi connectivity index (χ4v) is 2.08. The Morgan fingerprint density at radius 2 is 2.11 bits per heavy atom. The summed E-state index contributed by atoms with van der Waals surface area (Å²) in [5, 5.41) is 10.0. The van der Waals surface area contributed by atoms with Gasteiger partial charge in [0.2, 0.25) is 17.8 Å². The van der Waals surface area contributed by atoms with Crippen LogP contribution in [0.25, 0.3) is 5.95 Å². The number of imidazole rings is 1. The highest BCUT2D eigenvalue weighted by atomic mass is 32.1. The standard InChI is InChI=1S/C11H11N7S/c1-12-9-15-10(14-8-2-5-19-6-8)17-11(16-9)18-4-3-13-7-18/h2-7H,1H3,(H2,12,14,15,16,17). The minimum Gasteiger partial charge on any atom is -0.357 e. The normalized spacial score (nSPS) is 10.4. The molecule has 0 fully saturated rings. The van der Waals surface area contributed by atoms with E-state index in [9.17, 15) is 0 Å². The van der Waals surface area contributed by atoms with Crippen molar-refractivity contribution < 1.29 is 0 Å². The molecule has 0 unspecified atom stereocenters. The van der Waals surface area contributed by atoms with E-state index in [0.29, 0.717) is 17.8 Å². The highest BCUT2D eigenvalue weighted by molar-refractivity contribution is 7.08. The maximum Gasteiger partial charge on any atom is 0.241 e. The number of thiophene rings is 1. The molecule has 0 saturated carbocycles. The van der Waals surface area contributed by atoms with Crippen LogP contribution in [0.2, 0.25) is 0 Å². The van der Waals surface area contributed by atoms with E-state index in [4.69, 9.17) is 0 Å². The largest absolute Gasteiger partial charge is 0.357 e. The molecule has 0 saturated heterocycles. The lowest BCUT2D eigenvalue weighted by Gasteiger charge is -2.07. The Morgan fingerprint density at radius 3 is 2.79 bits per heavy atom. The van der Waals surface area contributed by atoms with Crippen LogP contribution < -0.4 is 10.6 Å². The molecule has 0 aliphatic rings. The van der Waals surface area contributed by atoms with E-state index >= 15 is 0 Å². The van der Waals surface area contributed by atoms with E-state index in [2.05, 4.69) is 30.6 Å². The zero-order chi connectivity index (χ0) is 13.1. The molecule has 3 heterocycles. The van der Waals surface area contributed by atoms with Gasteiger partial charge in [-0.05, 0) is 11.4 Å². The van der Waals surface area contributed by atoms with Gasteiger partial charge in [-0.2, -0.15) is 26.3 Å². The van der Waals surface area contributed by atoms with Gasteiger partial charge in [0.1, 0.15) is 6.33 Å². The van der Waals surface area contributed by atoms with Crippen LogP contribution in [-0.2, 0) is 0 Å². The van der Waals surface area contributed by atoms with Crippen molar-refractivity contribution in [1.29, 1.82) is 0 Å². The van der Waals surface area contributed by atoms with Gasteiger partial charge in [0.05, 0.1) is 5.69 Å². The first-order valence-electron chi connectivity index (χ1n) is 5.56. The topological polar surface area (TPSA) is 80.5 Å². The van der Waals surface area contributed by atoms with E-state index in [1.54, 1.807) is 41.7 Å². The van der Waals surface area contributed by atoms with Gasteiger partial charge in [-0.1, -0.05) is 0 Å². The van der Waals surface area contributed by atoms with Gasteiger partial charge in [-0.25, -0.2) is 4.98 Å². The average Bonchev–Trinajstić information content (AvgIpc) is 3.11. The van der Waals surface area contributed by atoms with Crippen LogP contribution in [-0.4, -0.2) is 31.6 Å². The Labute approximate surface area is 113 Å².